The van der Waals surface area contributed by atoms with Crippen molar-refractivity contribution in [3.05, 3.63) is 76.5 Å². The zero-order valence-electron chi connectivity index (χ0n) is 18.1. The minimum atomic E-state index is -1.98. The zero-order valence-corrected chi connectivity index (χ0v) is 18.1. The second-order valence-corrected chi connectivity index (χ2v) is 8.88. The first kappa shape index (κ1) is 22.3. The SMILES string of the molecule is C[C@@H]1Cc2c([nH]c3ccccc23)C(c2c(F)cc(/C=C/C([O-])O)cc2F)=[N+]1CC(C)(C)F. The van der Waals surface area contributed by atoms with Gasteiger partial charge in [-0.25, -0.2) is 17.7 Å². The summed E-state index contributed by atoms with van der Waals surface area (Å²) in [5.74, 6) is -1.67. The number of aromatic nitrogens is 1. The van der Waals surface area contributed by atoms with Gasteiger partial charge in [0.2, 0.25) is 5.71 Å². The largest absolute Gasteiger partial charge is 0.828 e. The second kappa shape index (κ2) is 8.22. The number of hydrogen-bond donors (Lipinski definition) is 2. The van der Waals surface area contributed by atoms with Crippen molar-refractivity contribution in [2.24, 2.45) is 0 Å². The van der Waals surface area contributed by atoms with Gasteiger partial charge in [-0.2, -0.15) is 0 Å². The quantitative estimate of drug-likeness (QED) is 0.468. The summed E-state index contributed by atoms with van der Waals surface area (Å²) in [4.78, 5) is 3.29. The molecule has 2 atom stereocenters. The van der Waals surface area contributed by atoms with Gasteiger partial charge in [-0.3, -0.25) is 0 Å². The van der Waals surface area contributed by atoms with E-state index in [1.165, 1.54) is 19.9 Å². The fraction of sp³-hybridized carbons (Fsp3) is 0.320. The molecule has 0 radical (unpaired) electrons. The number of hydrogen-bond acceptors (Lipinski definition) is 2. The standard InChI is InChI=1S/C25H24F3N2O2/c1-14-10-17-16-6-4-5-7-20(16)29-23(17)24(30(14)13-25(2,3)28)22-18(26)11-15(12-19(22)27)8-9-21(31)32/h4-9,11-12,14,21,31H,10,13H2,1-3H3/q-1/p+1/b9-8+/t14-,21?/m1/s1. The number of fused-ring (bicyclic) bond motifs is 3. The Hall–Kier alpha value is -2.90. The molecule has 4 nitrogen and oxygen atoms in total. The topological polar surface area (TPSA) is 62.1 Å². The Morgan fingerprint density at radius 1 is 1.25 bits per heavy atom. The van der Waals surface area contributed by atoms with Crippen LogP contribution in [0.2, 0.25) is 0 Å². The molecule has 2 aromatic carbocycles. The van der Waals surface area contributed by atoms with E-state index in [-0.39, 0.29) is 29.4 Å². The van der Waals surface area contributed by atoms with Crippen molar-refractivity contribution in [3.8, 4) is 0 Å². The van der Waals surface area contributed by atoms with Crippen LogP contribution in [0.15, 0.2) is 42.5 Å². The van der Waals surface area contributed by atoms with Crippen LogP contribution in [0.4, 0.5) is 13.2 Å². The number of aliphatic hydroxyl groups is 1. The van der Waals surface area contributed by atoms with Crippen LogP contribution in [0.5, 0.6) is 0 Å². The van der Waals surface area contributed by atoms with Crippen molar-refractivity contribution < 1.29 is 28.0 Å². The van der Waals surface area contributed by atoms with Gasteiger partial charge in [0.05, 0.1) is 0 Å². The van der Waals surface area contributed by atoms with Gasteiger partial charge in [-0.1, -0.05) is 30.4 Å². The van der Waals surface area contributed by atoms with Gasteiger partial charge in [0.1, 0.15) is 22.9 Å². The summed E-state index contributed by atoms with van der Waals surface area (Å²) in [7, 11) is 0. The van der Waals surface area contributed by atoms with Gasteiger partial charge in [0, 0.05) is 17.3 Å². The molecule has 1 unspecified atom stereocenters. The van der Waals surface area contributed by atoms with Crippen molar-refractivity contribution in [3.63, 3.8) is 0 Å². The zero-order chi connectivity index (χ0) is 23.2. The number of rotatable bonds is 5. The smallest absolute Gasteiger partial charge is 0.237 e. The van der Waals surface area contributed by atoms with Gasteiger partial charge in [-0.15, -0.1) is 0 Å². The van der Waals surface area contributed by atoms with Crippen molar-refractivity contribution in [2.45, 2.75) is 45.2 Å². The summed E-state index contributed by atoms with van der Waals surface area (Å²) in [6.07, 6.45) is 0.686. The summed E-state index contributed by atoms with van der Waals surface area (Å²) in [5, 5.41) is 20.7. The third-order valence-electron chi connectivity index (χ3n) is 5.67. The molecule has 3 aromatic rings. The molecule has 0 aliphatic carbocycles. The third-order valence-corrected chi connectivity index (χ3v) is 5.67. The van der Waals surface area contributed by atoms with E-state index in [1.807, 2.05) is 31.2 Å². The maximum atomic E-state index is 15.3. The number of aromatic amines is 1. The first-order valence-corrected chi connectivity index (χ1v) is 10.5. The Kier molecular flexibility index (Phi) is 5.73. The first-order chi connectivity index (χ1) is 15.0. The van der Waals surface area contributed by atoms with Crippen LogP contribution < -0.4 is 5.11 Å². The molecule has 0 fully saturated rings. The fourth-order valence-electron chi connectivity index (χ4n) is 4.40. The molecular weight excluding hydrogens is 417 g/mol. The Bertz CT molecular complexity index is 1210. The molecule has 7 heteroatoms. The minimum absolute atomic E-state index is 0.0405. The fourth-order valence-corrected chi connectivity index (χ4v) is 4.40. The molecule has 0 amide bonds. The molecule has 0 saturated heterocycles. The van der Waals surface area contributed by atoms with Gasteiger partial charge in [0.25, 0.3) is 0 Å². The molecule has 4 rings (SSSR count). The summed E-state index contributed by atoms with van der Waals surface area (Å²) in [6, 6.07) is 9.65. The van der Waals surface area contributed by atoms with Gasteiger partial charge < -0.3 is 15.2 Å². The van der Waals surface area contributed by atoms with E-state index < -0.39 is 23.6 Å². The van der Waals surface area contributed by atoms with Crippen molar-refractivity contribution >= 4 is 22.7 Å². The first-order valence-electron chi connectivity index (χ1n) is 10.5. The van der Waals surface area contributed by atoms with Crippen LogP contribution in [-0.4, -0.2) is 44.9 Å². The van der Waals surface area contributed by atoms with Crippen LogP contribution in [0, 0.1) is 11.6 Å². The highest BCUT2D eigenvalue weighted by atomic mass is 19.1. The number of halogens is 3. The van der Waals surface area contributed by atoms with Gasteiger partial charge >= 0.3 is 0 Å². The summed E-state index contributed by atoms with van der Waals surface area (Å²) in [5.41, 5.74) is 0.884. The summed E-state index contributed by atoms with van der Waals surface area (Å²) in [6.45, 7) is 4.75. The lowest BCUT2D eigenvalue weighted by molar-refractivity contribution is -0.574. The molecular formula is C25H25F3N2O2. The number of H-pyrrole nitrogens is 1. The molecule has 0 saturated carbocycles. The van der Waals surface area contributed by atoms with Crippen molar-refractivity contribution in [1.82, 2.24) is 4.98 Å². The molecule has 168 valence electrons. The molecule has 0 spiro atoms. The Balaban J connectivity index is 1.99. The van der Waals surface area contributed by atoms with E-state index >= 15 is 8.78 Å². The Morgan fingerprint density at radius 2 is 1.91 bits per heavy atom. The lowest BCUT2D eigenvalue weighted by Gasteiger charge is -2.25. The normalized spacial score (nSPS) is 17.9. The number of aliphatic hydroxyl groups excluding tert-OH is 1. The molecule has 2 heterocycles. The van der Waals surface area contributed by atoms with E-state index in [4.69, 9.17) is 5.11 Å². The predicted molar refractivity (Wildman–Crippen MR) is 116 cm³/mol. The highest BCUT2D eigenvalue weighted by Crippen LogP contribution is 2.32. The maximum absolute atomic E-state index is 15.3. The molecule has 2 N–H and O–H groups in total. The second-order valence-electron chi connectivity index (χ2n) is 8.88. The average Bonchev–Trinajstić information content (AvgIpc) is 3.05. The van der Waals surface area contributed by atoms with E-state index in [0.717, 1.165) is 34.7 Å². The van der Waals surface area contributed by atoms with Gasteiger partial charge in [0.15, 0.2) is 18.3 Å². The van der Waals surface area contributed by atoms with E-state index in [2.05, 4.69) is 4.98 Å². The van der Waals surface area contributed by atoms with Crippen LogP contribution in [-0.2, 0) is 6.42 Å². The predicted octanol–water partition coefficient (Wildman–Crippen LogP) is 3.68. The highest BCUT2D eigenvalue weighted by molar-refractivity contribution is 6.13. The van der Waals surface area contributed by atoms with Crippen LogP contribution in [0.25, 0.3) is 17.0 Å². The molecule has 0 bridgehead atoms. The number of alkyl halides is 1. The van der Waals surface area contributed by atoms with E-state index in [1.54, 1.807) is 4.58 Å². The highest BCUT2D eigenvalue weighted by Gasteiger charge is 2.40. The van der Waals surface area contributed by atoms with Crippen LogP contribution >= 0.6 is 0 Å². The van der Waals surface area contributed by atoms with E-state index in [9.17, 15) is 9.50 Å². The lowest BCUT2D eigenvalue weighted by atomic mass is 9.91. The molecule has 1 aromatic heterocycles. The van der Waals surface area contributed by atoms with Crippen LogP contribution in [0.1, 0.15) is 43.2 Å². The monoisotopic (exact) mass is 442 g/mol. The van der Waals surface area contributed by atoms with Crippen molar-refractivity contribution in [2.75, 3.05) is 6.54 Å². The Labute approximate surface area is 184 Å². The summed E-state index contributed by atoms with van der Waals surface area (Å²) >= 11 is 0. The van der Waals surface area contributed by atoms with Gasteiger partial charge in [-0.05, 0) is 56.4 Å². The molecule has 1 aliphatic rings. The van der Waals surface area contributed by atoms with E-state index in [0.29, 0.717) is 12.1 Å². The number of nitrogens with one attached hydrogen (secondary N) is 1. The lowest BCUT2D eigenvalue weighted by Crippen LogP contribution is -2.43. The third kappa shape index (κ3) is 4.23. The Morgan fingerprint density at radius 3 is 2.53 bits per heavy atom. The van der Waals surface area contributed by atoms with Crippen molar-refractivity contribution in [1.29, 1.82) is 0 Å². The minimum Gasteiger partial charge on any atom is -0.828 e. The molecule has 32 heavy (non-hydrogen) atoms. The number of nitrogens with zero attached hydrogens (tertiary/aromatic N) is 1. The maximum Gasteiger partial charge on any atom is 0.237 e. The number of para-hydroxylation sites is 1. The molecule has 1 aliphatic heterocycles. The average molecular weight is 442 g/mol. The number of benzene rings is 2. The summed E-state index contributed by atoms with van der Waals surface area (Å²) < 4.78 is 47.1. The van der Waals surface area contributed by atoms with Crippen LogP contribution in [0.3, 0.4) is 0 Å².